The Labute approximate surface area is 118 Å². The molecule has 1 aromatic carbocycles. The average molecular weight is 288 g/mol. The number of rotatable bonds is 2. The van der Waals surface area contributed by atoms with Crippen LogP contribution >= 0.6 is 22.7 Å². The van der Waals surface area contributed by atoms with E-state index in [-0.39, 0.29) is 5.91 Å². The van der Waals surface area contributed by atoms with Gasteiger partial charge in [-0.1, -0.05) is 12.1 Å². The molecule has 3 nitrogen and oxygen atoms in total. The molecule has 0 bridgehead atoms. The van der Waals surface area contributed by atoms with E-state index in [1.165, 1.54) is 6.92 Å². The van der Waals surface area contributed by atoms with Crippen molar-refractivity contribution in [2.24, 2.45) is 0 Å². The van der Waals surface area contributed by atoms with Crippen LogP contribution in [0.3, 0.4) is 0 Å². The van der Waals surface area contributed by atoms with Gasteiger partial charge in [-0.2, -0.15) is 0 Å². The number of hydrogen-bond acceptors (Lipinski definition) is 4. The molecule has 0 aliphatic carbocycles. The third-order valence-corrected chi connectivity index (χ3v) is 4.70. The highest BCUT2D eigenvalue weighted by atomic mass is 32.1. The van der Waals surface area contributed by atoms with Crippen molar-refractivity contribution in [1.29, 1.82) is 0 Å². The lowest BCUT2D eigenvalue weighted by Crippen LogP contribution is -2.04. The quantitative estimate of drug-likeness (QED) is 0.764. The zero-order valence-corrected chi connectivity index (χ0v) is 12.2. The summed E-state index contributed by atoms with van der Waals surface area (Å²) < 4.78 is 1.16. The number of aromatic nitrogens is 1. The van der Waals surface area contributed by atoms with Crippen molar-refractivity contribution >= 4 is 43.8 Å². The molecule has 0 aliphatic heterocycles. The molecule has 0 spiro atoms. The second-order valence-electron chi connectivity index (χ2n) is 4.27. The summed E-state index contributed by atoms with van der Waals surface area (Å²) in [6.45, 7) is 3.56. The molecule has 2 aromatic heterocycles. The van der Waals surface area contributed by atoms with E-state index in [1.54, 1.807) is 22.7 Å². The van der Waals surface area contributed by atoms with Gasteiger partial charge >= 0.3 is 0 Å². The van der Waals surface area contributed by atoms with Crippen molar-refractivity contribution in [3.05, 3.63) is 35.2 Å². The van der Waals surface area contributed by atoms with E-state index in [1.807, 2.05) is 25.1 Å². The number of fused-ring (bicyclic) bond motifs is 1. The molecule has 1 amide bonds. The Morgan fingerprint density at radius 3 is 2.79 bits per heavy atom. The van der Waals surface area contributed by atoms with E-state index in [2.05, 4.69) is 22.4 Å². The Morgan fingerprint density at radius 2 is 2.05 bits per heavy atom. The molecule has 0 atom stereocenters. The minimum Gasteiger partial charge on any atom is -0.317 e. The van der Waals surface area contributed by atoms with Crippen LogP contribution in [0.1, 0.15) is 11.8 Å². The van der Waals surface area contributed by atoms with Gasteiger partial charge in [0.05, 0.1) is 10.2 Å². The number of thiazole rings is 1. The summed E-state index contributed by atoms with van der Waals surface area (Å²) in [5, 5.41) is 4.72. The summed E-state index contributed by atoms with van der Waals surface area (Å²) in [6.07, 6.45) is 0. The molecule has 0 saturated carbocycles. The van der Waals surface area contributed by atoms with Crippen molar-refractivity contribution in [2.75, 3.05) is 5.32 Å². The molecule has 0 unspecified atom stereocenters. The van der Waals surface area contributed by atoms with Crippen molar-refractivity contribution in [2.45, 2.75) is 13.8 Å². The maximum absolute atomic E-state index is 11.3. The number of thiophene rings is 1. The normalized spacial score (nSPS) is 10.8. The first-order valence-electron chi connectivity index (χ1n) is 5.87. The highest BCUT2D eigenvalue weighted by Crippen LogP contribution is 2.39. The van der Waals surface area contributed by atoms with Gasteiger partial charge in [-0.3, -0.25) is 4.79 Å². The van der Waals surface area contributed by atoms with Gasteiger partial charge in [-0.15, -0.1) is 22.7 Å². The number of aryl methyl sites for hydroxylation is 1. The van der Waals surface area contributed by atoms with Crippen LogP contribution in [0.2, 0.25) is 0 Å². The fourth-order valence-corrected chi connectivity index (χ4v) is 3.93. The Hall–Kier alpha value is -1.72. The number of anilines is 1. The van der Waals surface area contributed by atoms with Gasteiger partial charge in [-0.25, -0.2) is 4.98 Å². The summed E-state index contributed by atoms with van der Waals surface area (Å²) in [5.74, 6) is -0.0517. The molecular formula is C14H12N2OS2. The van der Waals surface area contributed by atoms with E-state index in [9.17, 15) is 4.79 Å². The van der Waals surface area contributed by atoms with Crippen LogP contribution in [-0.2, 0) is 4.79 Å². The molecule has 0 aliphatic rings. The average Bonchev–Trinajstić information content (AvgIpc) is 2.91. The maximum atomic E-state index is 11.3. The number of carbonyl (C=O) groups excluding carboxylic acids is 1. The number of benzene rings is 1. The van der Waals surface area contributed by atoms with Gasteiger partial charge in [0.1, 0.15) is 10.0 Å². The number of hydrogen-bond donors (Lipinski definition) is 1. The monoisotopic (exact) mass is 288 g/mol. The van der Waals surface area contributed by atoms with Gasteiger partial charge in [0.2, 0.25) is 5.91 Å². The lowest BCUT2D eigenvalue weighted by molar-refractivity contribution is -0.114. The summed E-state index contributed by atoms with van der Waals surface area (Å²) in [7, 11) is 0. The first kappa shape index (κ1) is 12.3. The Balaban J connectivity index is 2.12. The van der Waals surface area contributed by atoms with Crippen LogP contribution in [0.25, 0.3) is 20.8 Å². The predicted octanol–water partition coefficient (Wildman–Crippen LogP) is 4.29. The first-order valence-corrected chi connectivity index (χ1v) is 7.51. The number of para-hydroxylation sites is 1. The smallest absolute Gasteiger partial charge is 0.221 e. The van der Waals surface area contributed by atoms with Crippen molar-refractivity contribution in [3.63, 3.8) is 0 Å². The topological polar surface area (TPSA) is 42.0 Å². The zero-order chi connectivity index (χ0) is 13.4. The zero-order valence-electron chi connectivity index (χ0n) is 10.6. The van der Waals surface area contributed by atoms with Gasteiger partial charge in [-0.05, 0) is 25.1 Å². The van der Waals surface area contributed by atoms with Crippen LogP contribution in [0.15, 0.2) is 30.3 Å². The molecule has 0 fully saturated rings. The SMILES string of the molecule is CC(=O)Nc1sc(C)cc1-c1nc2ccccc2s1. The minimum atomic E-state index is -0.0517. The van der Waals surface area contributed by atoms with Crippen molar-refractivity contribution in [3.8, 4) is 10.6 Å². The predicted molar refractivity (Wildman–Crippen MR) is 82.0 cm³/mol. The lowest BCUT2D eigenvalue weighted by Gasteiger charge is -2.00. The highest BCUT2D eigenvalue weighted by Gasteiger charge is 2.14. The number of amides is 1. The van der Waals surface area contributed by atoms with Crippen LogP contribution < -0.4 is 5.32 Å². The maximum Gasteiger partial charge on any atom is 0.221 e. The molecule has 2 heterocycles. The second-order valence-corrected chi connectivity index (χ2v) is 6.55. The molecule has 0 radical (unpaired) electrons. The molecule has 3 rings (SSSR count). The molecule has 96 valence electrons. The molecule has 1 N–H and O–H groups in total. The fraction of sp³-hybridized carbons (Fsp3) is 0.143. The molecule has 5 heteroatoms. The minimum absolute atomic E-state index is 0.0517. The van der Waals surface area contributed by atoms with E-state index >= 15 is 0 Å². The number of nitrogens with one attached hydrogen (secondary N) is 1. The van der Waals surface area contributed by atoms with E-state index in [0.717, 1.165) is 30.7 Å². The fourth-order valence-electron chi connectivity index (χ4n) is 1.91. The largest absolute Gasteiger partial charge is 0.317 e. The summed E-state index contributed by atoms with van der Waals surface area (Å²) in [6, 6.07) is 10.1. The Morgan fingerprint density at radius 1 is 1.26 bits per heavy atom. The standard InChI is InChI=1S/C14H12N2OS2/c1-8-7-10(13(18-8)15-9(2)17)14-16-11-5-3-4-6-12(11)19-14/h3-7H,1-2H3,(H,15,17). The van der Waals surface area contributed by atoms with E-state index < -0.39 is 0 Å². The van der Waals surface area contributed by atoms with Crippen molar-refractivity contribution < 1.29 is 4.79 Å². The van der Waals surface area contributed by atoms with Gasteiger partial charge in [0.25, 0.3) is 0 Å². The second kappa shape index (κ2) is 4.75. The van der Waals surface area contributed by atoms with E-state index in [0.29, 0.717) is 0 Å². The van der Waals surface area contributed by atoms with Crippen molar-refractivity contribution in [1.82, 2.24) is 4.98 Å². The summed E-state index contributed by atoms with van der Waals surface area (Å²) in [4.78, 5) is 17.1. The molecule has 0 saturated heterocycles. The molecule has 3 aromatic rings. The van der Waals surface area contributed by atoms with Crippen LogP contribution in [0.4, 0.5) is 5.00 Å². The molecule has 19 heavy (non-hydrogen) atoms. The van der Waals surface area contributed by atoms with E-state index in [4.69, 9.17) is 0 Å². The Kier molecular flexibility index (Phi) is 3.08. The third-order valence-electron chi connectivity index (χ3n) is 2.67. The third kappa shape index (κ3) is 2.39. The van der Waals surface area contributed by atoms with Crippen LogP contribution in [-0.4, -0.2) is 10.9 Å². The summed E-state index contributed by atoms with van der Waals surface area (Å²) in [5.41, 5.74) is 2.01. The lowest BCUT2D eigenvalue weighted by atomic mass is 10.3. The number of nitrogens with zero attached hydrogens (tertiary/aromatic N) is 1. The summed E-state index contributed by atoms with van der Waals surface area (Å²) >= 11 is 3.23. The number of carbonyl (C=O) groups is 1. The van der Waals surface area contributed by atoms with Gasteiger partial charge < -0.3 is 5.32 Å². The first-order chi connectivity index (χ1) is 9.13. The van der Waals surface area contributed by atoms with Gasteiger partial charge in [0.15, 0.2) is 0 Å². The molecular weight excluding hydrogens is 276 g/mol. The van der Waals surface area contributed by atoms with Crippen LogP contribution in [0.5, 0.6) is 0 Å². The van der Waals surface area contributed by atoms with Crippen LogP contribution in [0, 0.1) is 6.92 Å². The Bertz CT molecular complexity index is 725. The highest BCUT2D eigenvalue weighted by molar-refractivity contribution is 7.22. The van der Waals surface area contributed by atoms with Gasteiger partial charge in [0, 0.05) is 17.4 Å².